The topological polar surface area (TPSA) is 15.3 Å². The van der Waals surface area contributed by atoms with E-state index in [1.54, 1.807) is 0 Å². The van der Waals surface area contributed by atoms with Gasteiger partial charge in [-0.15, -0.1) is 11.3 Å². The number of likely N-dealkylation sites (N-methyl/N-ethyl adjacent to an activating group) is 2. The summed E-state index contributed by atoms with van der Waals surface area (Å²) in [5.74, 6) is 0. The fourth-order valence-corrected chi connectivity index (χ4v) is 2.86. The van der Waals surface area contributed by atoms with Gasteiger partial charge in [0.1, 0.15) is 0 Å². The van der Waals surface area contributed by atoms with Crippen molar-refractivity contribution in [2.45, 2.75) is 38.8 Å². The summed E-state index contributed by atoms with van der Waals surface area (Å²) >= 11 is 1.86. The molecule has 0 aliphatic heterocycles. The van der Waals surface area contributed by atoms with E-state index >= 15 is 0 Å². The summed E-state index contributed by atoms with van der Waals surface area (Å²) in [6.45, 7) is 5.65. The van der Waals surface area contributed by atoms with Crippen molar-refractivity contribution in [2.24, 2.45) is 0 Å². The number of rotatable bonds is 7. The van der Waals surface area contributed by atoms with Gasteiger partial charge in [-0.25, -0.2) is 0 Å². The second-order valence-corrected chi connectivity index (χ2v) is 5.45. The zero-order chi connectivity index (χ0) is 12.0. The molecule has 0 saturated heterocycles. The summed E-state index contributed by atoms with van der Waals surface area (Å²) in [5, 5.41) is 5.43. The third-order valence-electron chi connectivity index (χ3n) is 3.26. The van der Waals surface area contributed by atoms with Crippen LogP contribution < -0.4 is 5.32 Å². The zero-order valence-electron chi connectivity index (χ0n) is 10.9. The zero-order valence-corrected chi connectivity index (χ0v) is 11.7. The van der Waals surface area contributed by atoms with Gasteiger partial charge in [-0.1, -0.05) is 13.0 Å². The van der Waals surface area contributed by atoms with Crippen LogP contribution in [0.5, 0.6) is 0 Å². The Morgan fingerprint density at radius 2 is 2.25 bits per heavy atom. The second kappa shape index (κ2) is 7.05. The first-order valence-electron chi connectivity index (χ1n) is 6.08. The maximum absolute atomic E-state index is 3.27. The number of hydrogen-bond acceptors (Lipinski definition) is 3. The van der Waals surface area contributed by atoms with Crippen LogP contribution in [0.3, 0.4) is 0 Å². The van der Waals surface area contributed by atoms with E-state index in [0.717, 1.165) is 13.0 Å². The van der Waals surface area contributed by atoms with Crippen molar-refractivity contribution in [2.75, 3.05) is 20.6 Å². The summed E-state index contributed by atoms with van der Waals surface area (Å²) in [5.41, 5.74) is 0. The molecule has 0 bridgehead atoms. The monoisotopic (exact) mass is 240 g/mol. The predicted molar refractivity (Wildman–Crippen MR) is 73.3 cm³/mol. The summed E-state index contributed by atoms with van der Waals surface area (Å²) in [4.78, 5) is 3.98. The van der Waals surface area contributed by atoms with Crippen LogP contribution in [-0.2, 0) is 6.42 Å². The molecule has 0 amide bonds. The van der Waals surface area contributed by atoms with Crippen molar-refractivity contribution in [3.63, 3.8) is 0 Å². The first-order valence-corrected chi connectivity index (χ1v) is 6.95. The molecule has 0 radical (unpaired) electrons. The smallest absolute Gasteiger partial charge is 0.0217 e. The number of hydrogen-bond donors (Lipinski definition) is 1. The maximum atomic E-state index is 3.27. The minimum Gasteiger partial charge on any atom is -0.318 e. The summed E-state index contributed by atoms with van der Waals surface area (Å²) in [6.07, 6.45) is 2.36. The van der Waals surface area contributed by atoms with E-state index in [4.69, 9.17) is 0 Å². The number of nitrogens with one attached hydrogen (secondary N) is 1. The fraction of sp³-hybridized carbons (Fsp3) is 0.692. The highest BCUT2D eigenvalue weighted by molar-refractivity contribution is 7.09. The van der Waals surface area contributed by atoms with Crippen LogP contribution in [0.25, 0.3) is 0 Å². The largest absolute Gasteiger partial charge is 0.318 e. The molecule has 0 saturated carbocycles. The third kappa shape index (κ3) is 3.89. The van der Waals surface area contributed by atoms with E-state index in [0.29, 0.717) is 12.1 Å². The van der Waals surface area contributed by atoms with Gasteiger partial charge in [0.2, 0.25) is 0 Å². The van der Waals surface area contributed by atoms with E-state index < -0.39 is 0 Å². The Morgan fingerprint density at radius 1 is 1.50 bits per heavy atom. The van der Waals surface area contributed by atoms with Crippen LogP contribution in [-0.4, -0.2) is 37.6 Å². The molecule has 1 N–H and O–H groups in total. The standard InChI is InChI=1S/C13H24N2S/c1-5-12(10-14-3)15(4)11(2)9-13-7-6-8-16-13/h6-8,11-12,14H,5,9-10H2,1-4H3. The second-order valence-electron chi connectivity index (χ2n) is 4.42. The van der Waals surface area contributed by atoms with E-state index in [-0.39, 0.29) is 0 Å². The average Bonchev–Trinajstić information content (AvgIpc) is 2.77. The highest BCUT2D eigenvalue weighted by Crippen LogP contribution is 2.15. The molecular formula is C13H24N2S. The normalized spacial score (nSPS) is 15.3. The quantitative estimate of drug-likeness (QED) is 0.788. The van der Waals surface area contributed by atoms with E-state index in [1.165, 1.54) is 11.3 Å². The van der Waals surface area contributed by atoms with Gasteiger partial charge in [-0.3, -0.25) is 4.90 Å². The third-order valence-corrected chi connectivity index (χ3v) is 4.16. The highest BCUT2D eigenvalue weighted by Gasteiger charge is 2.17. The molecule has 0 aliphatic carbocycles. The van der Waals surface area contributed by atoms with Crippen molar-refractivity contribution in [3.8, 4) is 0 Å². The Bertz CT molecular complexity index is 271. The summed E-state index contributed by atoms with van der Waals surface area (Å²) in [7, 11) is 4.27. The fourth-order valence-electron chi connectivity index (χ4n) is 2.04. The lowest BCUT2D eigenvalue weighted by atomic mass is 10.1. The molecule has 16 heavy (non-hydrogen) atoms. The van der Waals surface area contributed by atoms with Gasteiger partial charge in [0.25, 0.3) is 0 Å². The Kier molecular flexibility index (Phi) is 6.03. The molecule has 1 rings (SSSR count). The van der Waals surface area contributed by atoms with Crippen molar-refractivity contribution < 1.29 is 0 Å². The lowest BCUT2D eigenvalue weighted by molar-refractivity contribution is 0.176. The van der Waals surface area contributed by atoms with Crippen LogP contribution in [0.2, 0.25) is 0 Å². The van der Waals surface area contributed by atoms with Gasteiger partial charge >= 0.3 is 0 Å². The Labute approximate surface area is 104 Å². The lowest BCUT2D eigenvalue weighted by Gasteiger charge is -2.32. The van der Waals surface area contributed by atoms with Gasteiger partial charge in [-0.05, 0) is 45.3 Å². The van der Waals surface area contributed by atoms with Crippen LogP contribution >= 0.6 is 11.3 Å². The minimum absolute atomic E-state index is 0.608. The van der Waals surface area contributed by atoms with Gasteiger partial charge in [0.15, 0.2) is 0 Å². The SMILES string of the molecule is CCC(CNC)N(C)C(C)Cc1cccs1. The van der Waals surface area contributed by atoms with Crippen LogP contribution in [0.4, 0.5) is 0 Å². The molecule has 92 valence electrons. The molecule has 3 heteroatoms. The molecular weight excluding hydrogens is 216 g/mol. The molecule has 2 unspecified atom stereocenters. The van der Waals surface area contributed by atoms with Crippen LogP contribution in [0, 0.1) is 0 Å². The van der Waals surface area contributed by atoms with Gasteiger partial charge in [-0.2, -0.15) is 0 Å². The predicted octanol–water partition coefficient (Wildman–Crippen LogP) is 2.61. The molecule has 0 fully saturated rings. The Morgan fingerprint density at radius 3 is 2.75 bits per heavy atom. The average molecular weight is 240 g/mol. The number of nitrogens with zero attached hydrogens (tertiary/aromatic N) is 1. The first-order chi connectivity index (χ1) is 7.69. The molecule has 1 aromatic heterocycles. The van der Waals surface area contributed by atoms with Gasteiger partial charge in [0, 0.05) is 23.5 Å². The number of thiophene rings is 1. The Hall–Kier alpha value is -0.380. The lowest BCUT2D eigenvalue weighted by Crippen LogP contribution is -2.44. The molecule has 1 heterocycles. The molecule has 1 aromatic rings. The van der Waals surface area contributed by atoms with E-state index in [9.17, 15) is 0 Å². The molecule has 2 nitrogen and oxygen atoms in total. The Balaban J connectivity index is 2.48. The molecule has 0 spiro atoms. The summed E-state index contributed by atoms with van der Waals surface area (Å²) in [6, 6.07) is 5.61. The maximum Gasteiger partial charge on any atom is 0.0217 e. The van der Waals surface area contributed by atoms with E-state index in [2.05, 4.69) is 48.6 Å². The molecule has 2 atom stereocenters. The van der Waals surface area contributed by atoms with Crippen molar-refractivity contribution in [1.29, 1.82) is 0 Å². The molecule has 0 aliphatic rings. The van der Waals surface area contributed by atoms with E-state index in [1.807, 2.05) is 18.4 Å². The van der Waals surface area contributed by atoms with Gasteiger partial charge < -0.3 is 5.32 Å². The summed E-state index contributed by atoms with van der Waals surface area (Å²) < 4.78 is 0. The van der Waals surface area contributed by atoms with Crippen molar-refractivity contribution in [1.82, 2.24) is 10.2 Å². The van der Waals surface area contributed by atoms with Crippen molar-refractivity contribution in [3.05, 3.63) is 22.4 Å². The molecule has 0 aromatic carbocycles. The van der Waals surface area contributed by atoms with Crippen LogP contribution in [0.1, 0.15) is 25.1 Å². The van der Waals surface area contributed by atoms with Crippen LogP contribution in [0.15, 0.2) is 17.5 Å². The van der Waals surface area contributed by atoms with Crippen molar-refractivity contribution >= 4 is 11.3 Å². The van der Waals surface area contributed by atoms with Gasteiger partial charge in [0.05, 0.1) is 0 Å². The highest BCUT2D eigenvalue weighted by atomic mass is 32.1. The minimum atomic E-state index is 0.608. The first kappa shape index (κ1) is 13.7.